The quantitative estimate of drug-likeness (QED) is 0.186. The Kier molecular flexibility index (Phi) is 13.3. The van der Waals surface area contributed by atoms with Crippen LogP contribution in [0.25, 0.3) is 11.3 Å². The third-order valence-corrected chi connectivity index (χ3v) is 5.97. The molecule has 4 heteroatoms. The maximum Gasteiger partial charge on any atom is 0.338 e. The maximum absolute atomic E-state index is 12.8. The highest BCUT2D eigenvalue weighted by molar-refractivity contribution is 5.97. The molecule has 176 valence electrons. The summed E-state index contributed by atoms with van der Waals surface area (Å²) in [6.45, 7) is 4.95. The second-order valence-corrected chi connectivity index (χ2v) is 8.72. The standard InChI is InChI=1S/C28H42N2O2/c1-3-5-7-9-11-12-14-18-24-22-29-23-30-27(24)25-19-15-16-20-26(25)28(31)32-21-17-13-10-8-6-4-2/h15-16,19-20,22-23H,3-14,17-18,21H2,1-2H3. The molecule has 0 radical (unpaired) electrons. The van der Waals surface area contributed by atoms with Crippen molar-refractivity contribution in [2.75, 3.05) is 6.61 Å². The number of benzene rings is 1. The summed E-state index contributed by atoms with van der Waals surface area (Å²) in [4.78, 5) is 21.6. The lowest BCUT2D eigenvalue weighted by atomic mass is 9.98. The first kappa shape index (κ1) is 26.0. The molecule has 0 atom stereocenters. The summed E-state index contributed by atoms with van der Waals surface area (Å²) in [5.74, 6) is -0.255. The first-order valence-electron chi connectivity index (χ1n) is 12.8. The molecular weight excluding hydrogens is 396 g/mol. The highest BCUT2D eigenvalue weighted by Gasteiger charge is 2.17. The van der Waals surface area contributed by atoms with Gasteiger partial charge in [0.25, 0.3) is 0 Å². The van der Waals surface area contributed by atoms with Crippen LogP contribution in [0.5, 0.6) is 0 Å². The van der Waals surface area contributed by atoms with Gasteiger partial charge in [-0.15, -0.1) is 0 Å². The van der Waals surface area contributed by atoms with Crippen molar-refractivity contribution < 1.29 is 9.53 Å². The van der Waals surface area contributed by atoms with Crippen molar-refractivity contribution in [1.29, 1.82) is 0 Å². The van der Waals surface area contributed by atoms with Crippen LogP contribution in [0.2, 0.25) is 0 Å². The van der Waals surface area contributed by atoms with Gasteiger partial charge < -0.3 is 4.74 Å². The number of carbonyl (C=O) groups excluding carboxylic acids is 1. The van der Waals surface area contributed by atoms with Gasteiger partial charge in [-0.25, -0.2) is 14.8 Å². The summed E-state index contributed by atoms with van der Waals surface area (Å²) in [7, 11) is 0. The van der Waals surface area contributed by atoms with Crippen molar-refractivity contribution in [2.24, 2.45) is 0 Å². The predicted molar refractivity (Wildman–Crippen MR) is 133 cm³/mol. The van der Waals surface area contributed by atoms with E-state index >= 15 is 0 Å². The van der Waals surface area contributed by atoms with Crippen molar-refractivity contribution in [3.63, 3.8) is 0 Å². The molecule has 0 bridgehead atoms. The zero-order valence-corrected chi connectivity index (χ0v) is 20.3. The van der Waals surface area contributed by atoms with Crippen LogP contribution in [0.1, 0.15) is 113 Å². The molecule has 32 heavy (non-hydrogen) atoms. The molecule has 2 aromatic rings. The molecule has 4 nitrogen and oxygen atoms in total. The Hall–Kier alpha value is -2.23. The molecule has 1 aromatic carbocycles. The smallest absolute Gasteiger partial charge is 0.338 e. The molecule has 0 aliphatic heterocycles. The highest BCUT2D eigenvalue weighted by Crippen LogP contribution is 2.26. The van der Waals surface area contributed by atoms with Crippen LogP contribution in [0, 0.1) is 0 Å². The van der Waals surface area contributed by atoms with Gasteiger partial charge in [-0.3, -0.25) is 0 Å². The van der Waals surface area contributed by atoms with Gasteiger partial charge in [-0.05, 0) is 30.9 Å². The van der Waals surface area contributed by atoms with E-state index in [1.807, 2.05) is 30.5 Å². The maximum atomic E-state index is 12.8. The Bertz CT molecular complexity index is 776. The Balaban J connectivity index is 1.92. The Morgan fingerprint density at radius 3 is 2.16 bits per heavy atom. The summed E-state index contributed by atoms with van der Waals surface area (Å²) >= 11 is 0. The Morgan fingerprint density at radius 1 is 0.812 bits per heavy atom. The molecule has 2 rings (SSSR count). The summed E-state index contributed by atoms with van der Waals surface area (Å²) in [5.41, 5.74) is 3.41. The van der Waals surface area contributed by atoms with Gasteiger partial charge in [0.05, 0.1) is 17.9 Å². The Morgan fingerprint density at radius 2 is 1.44 bits per heavy atom. The minimum Gasteiger partial charge on any atom is -0.462 e. The Labute approximate surface area is 195 Å². The summed E-state index contributed by atoms with van der Waals surface area (Å²) in [6.07, 6.45) is 20.4. The first-order chi connectivity index (χ1) is 15.8. The van der Waals surface area contributed by atoms with Crippen molar-refractivity contribution >= 4 is 5.97 Å². The lowest BCUT2D eigenvalue weighted by molar-refractivity contribution is 0.0498. The van der Waals surface area contributed by atoms with Gasteiger partial charge in [0.2, 0.25) is 0 Å². The first-order valence-corrected chi connectivity index (χ1v) is 12.8. The third-order valence-electron chi connectivity index (χ3n) is 5.97. The minimum absolute atomic E-state index is 0.255. The number of unbranched alkanes of at least 4 members (excludes halogenated alkanes) is 11. The lowest BCUT2D eigenvalue weighted by Gasteiger charge is -2.12. The molecule has 0 amide bonds. The average Bonchev–Trinajstić information content (AvgIpc) is 2.83. The van der Waals surface area contributed by atoms with E-state index in [9.17, 15) is 4.79 Å². The van der Waals surface area contributed by atoms with Gasteiger partial charge in [-0.2, -0.15) is 0 Å². The van der Waals surface area contributed by atoms with Crippen LogP contribution < -0.4 is 0 Å². The fourth-order valence-corrected chi connectivity index (χ4v) is 4.05. The summed E-state index contributed by atoms with van der Waals surface area (Å²) in [6, 6.07) is 7.66. The van der Waals surface area contributed by atoms with Crippen molar-refractivity contribution in [2.45, 2.75) is 104 Å². The van der Waals surface area contributed by atoms with Crippen LogP contribution >= 0.6 is 0 Å². The number of ether oxygens (including phenoxy) is 1. The second kappa shape index (κ2) is 16.4. The van der Waals surface area contributed by atoms with Gasteiger partial charge in [0.1, 0.15) is 6.33 Å². The van der Waals surface area contributed by atoms with Gasteiger partial charge in [-0.1, -0.05) is 103 Å². The number of aryl methyl sites for hydroxylation is 1. The van der Waals surface area contributed by atoms with E-state index in [0.29, 0.717) is 12.2 Å². The van der Waals surface area contributed by atoms with Gasteiger partial charge in [0, 0.05) is 11.8 Å². The van der Waals surface area contributed by atoms with Crippen molar-refractivity contribution in [3.05, 3.63) is 47.9 Å². The average molecular weight is 439 g/mol. The fourth-order valence-electron chi connectivity index (χ4n) is 4.05. The molecule has 0 unspecified atom stereocenters. The second-order valence-electron chi connectivity index (χ2n) is 8.72. The number of aromatic nitrogens is 2. The number of hydrogen-bond donors (Lipinski definition) is 0. The van der Waals surface area contributed by atoms with Crippen LogP contribution in [0.3, 0.4) is 0 Å². The van der Waals surface area contributed by atoms with E-state index < -0.39 is 0 Å². The van der Waals surface area contributed by atoms with Crippen LogP contribution in [0.4, 0.5) is 0 Å². The summed E-state index contributed by atoms with van der Waals surface area (Å²) in [5, 5.41) is 0. The van der Waals surface area contributed by atoms with Crippen molar-refractivity contribution in [3.8, 4) is 11.3 Å². The van der Waals surface area contributed by atoms with E-state index in [1.54, 1.807) is 6.33 Å². The van der Waals surface area contributed by atoms with Crippen LogP contribution in [-0.4, -0.2) is 22.5 Å². The number of rotatable bonds is 17. The number of carbonyl (C=O) groups is 1. The number of nitrogens with zero attached hydrogens (tertiary/aromatic N) is 2. The zero-order chi connectivity index (χ0) is 22.9. The number of hydrogen-bond acceptors (Lipinski definition) is 4. The zero-order valence-electron chi connectivity index (χ0n) is 20.3. The van der Waals surface area contributed by atoms with Crippen LogP contribution in [0.15, 0.2) is 36.8 Å². The molecule has 0 saturated heterocycles. The molecule has 0 saturated carbocycles. The lowest BCUT2D eigenvalue weighted by Crippen LogP contribution is -2.09. The van der Waals surface area contributed by atoms with Gasteiger partial charge in [0.15, 0.2) is 0 Å². The predicted octanol–water partition coefficient (Wildman–Crippen LogP) is 7.95. The number of esters is 1. The molecule has 1 heterocycles. The van der Waals surface area contributed by atoms with E-state index in [0.717, 1.165) is 42.5 Å². The summed E-state index contributed by atoms with van der Waals surface area (Å²) < 4.78 is 5.60. The third kappa shape index (κ3) is 9.50. The molecular formula is C28H42N2O2. The molecule has 0 spiro atoms. The fraction of sp³-hybridized carbons (Fsp3) is 0.607. The molecule has 1 aromatic heterocycles. The van der Waals surface area contributed by atoms with Gasteiger partial charge >= 0.3 is 5.97 Å². The van der Waals surface area contributed by atoms with E-state index in [4.69, 9.17) is 4.74 Å². The monoisotopic (exact) mass is 438 g/mol. The topological polar surface area (TPSA) is 52.1 Å². The van der Waals surface area contributed by atoms with E-state index in [-0.39, 0.29) is 5.97 Å². The molecule has 0 fully saturated rings. The van der Waals surface area contributed by atoms with Crippen molar-refractivity contribution in [1.82, 2.24) is 9.97 Å². The SMILES string of the molecule is CCCCCCCCCc1cncnc1-c1ccccc1C(=O)OCCCCCCCC. The van der Waals surface area contributed by atoms with E-state index in [1.165, 1.54) is 64.2 Å². The van der Waals surface area contributed by atoms with E-state index in [2.05, 4.69) is 23.8 Å². The largest absolute Gasteiger partial charge is 0.462 e. The molecule has 0 aliphatic carbocycles. The van der Waals surface area contributed by atoms with Crippen LogP contribution in [-0.2, 0) is 11.2 Å². The molecule has 0 N–H and O–H groups in total. The minimum atomic E-state index is -0.255. The normalized spacial score (nSPS) is 10.9. The highest BCUT2D eigenvalue weighted by atomic mass is 16.5. The molecule has 0 aliphatic rings.